The Balaban J connectivity index is 2.21. The van der Waals surface area contributed by atoms with Crippen molar-refractivity contribution in [2.24, 2.45) is 0 Å². The third-order valence-corrected chi connectivity index (χ3v) is 4.54. The Kier molecular flexibility index (Phi) is 5.23. The molecule has 1 aliphatic heterocycles. The van der Waals surface area contributed by atoms with Gasteiger partial charge in [0.2, 0.25) is 0 Å². The Morgan fingerprint density at radius 2 is 2.16 bits per heavy atom. The van der Waals surface area contributed by atoms with Crippen molar-refractivity contribution in [3.05, 3.63) is 34.6 Å². The molecule has 1 N–H and O–H groups in total. The van der Waals surface area contributed by atoms with Crippen LogP contribution >= 0.6 is 11.6 Å². The zero-order valence-corrected chi connectivity index (χ0v) is 12.4. The molecule has 1 heterocycles. The minimum absolute atomic E-state index is 0.0999. The molecule has 1 nitrogen and oxygen atoms in total. The van der Waals surface area contributed by atoms with E-state index in [0.29, 0.717) is 5.02 Å². The minimum atomic E-state index is -0.306. The van der Waals surface area contributed by atoms with Crippen LogP contribution in [0.4, 0.5) is 4.39 Å². The van der Waals surface area contributed by atoms with Crippen molar-refractivity contribution in [2.45, 2.75) is 57.4 Å². The zero-order valence-electron chi connectivity index (χ0n) is 11.6. The topological polar surface area (TPSA) is 12.0 Å². The molecule has 0 bridgehead atoms. The van der Waals surface area contributed by atoms with Gasteiger partial charge < -0.3 is 5.32 Å². The number of nitrogens with one attached hydrogen (secondary N) is 1. The summed E-state index contributed by atoms with van der Waals surface area (Å²) in [5, 5.41) is 4.01. The first-order valence-electron chi connectivity index (χ1n) is 7.35. The van der Waals surface area contributed by atoms with Crippen molar-refractivity contribution in [2.75, 3.05) is 6.54 Å². The fourth-order valence-corrected chi connectivity index (χ4v) is 3.38. The van der Waals surface area contributed by atoms with Gasteiger partial charge in [-0.1, -0.05) is 49.9 Å². The first kappa shape index (κ1) is 14.8. The summed E-state index contributed by atoms with van der Waals surface area (Å²) in [7, 11) is 0. The van der Waals surface area contributed by atoms with E-state index in [2.05, 4.69) is 12.2 Å². The van der Waals surface area contributed by atoms with E-state index in [1.165, 1.54) is 25.3 Å². The second-order valence-corrected chi connectivity index (χ2v) is 6.04. The lowest BCUT2D eigenvalue weighted by molar-refractivity contribution is 0.288. The van der Waals surface area contributed by atoms with Crippen LogP contribution in [0.2, 0.25) is 5.02 Å². The maximum absolute atomic E-state index is 13.6. The van der Waals surface area contributed by atoms with Gasteiger partial charge in [0.1, 0.15) is 5.82 Å². The molecule has 2 rings (SSSR count). The standard InChI is InChI=1S/C16H23ClFN/c1-2-9-16(10-4-3-5-11-19-16)12-13-7-6-8-14(18)15(13)17/h6-8,19H,2-5,9-12H2,1H3. The molecule has 1 aromatic rings. The maximum atomic E-state index is 13.6. The summed E-state index contributed by atoms with van der Waals surface area (Å²) in [5.41, 5.74) is 1.03. The van der Waals surface area contributed by atoms with E-state index >= 15 is 0 Å². The molecule has 0 spiro atoms. The van der Waals surface area contributed by atoms with Gasteiger partial charge in [-0.3, -0.25) is 0 Å². The molecule has 1 atom stereocenters. The Hall–Kier alpha value is -0.600. The normalized spacial score (nSPS) is 24.2. The maximum Gasteiger partial charge on any atom is 0.142 e. The second kappa shape index (κ2) is 6.71. The van der Waals surface area contributed by atoms with Gasteiger partial charge in [-0.05, 0) is 43.9 Å². The Morgan fingerprint density at radius 1 is 1.32 bits per heavy atom. The number of hydrogen-bond donors (Lipinski definition) is 1. The van der Waals surface area contributed by atoms with Crippen molar-refractivity contribution >= 4 is 11.6 Å². The zero-order chi connectivity index (χ0) is 13.7. The van der Waals surface area contributed by atoms with E-state index in [1.54, 1.807) is 6.07 Å². The van der Waals surface area contributed by atoms with E-state index in [4.69, 9.17) is 11.6 Å². The predicted octanol–water partition coefficient (Wildman–Crippen LogP) is 4.72. The highest BCUT2D eigenvalue weighted by Crippen LogP contribution is 2.31. The van der Waals surface area contributed by atoms with Crippen LogP contribution in [0.5, 0.6) is 0 Å². The number of hydrogen-bond acceptors (Lipinski definition) is 1. The van der Waals surface area contributed by atoms with Crippen LogP contribution in [0.1, 0.15) is 51.0 Å². The molecule has 1 saturated heterocycles. The molecule has 1 unspecified atom stereocenters. The van der Waals surface area contributed by atoms with Gasteiger partial charge in [-0.15, -0.1) is 0 Å². The fraction of sp³-hybridized carbons (Fsp3) is 0.625. The highest BCUT2D eigenvalue weighted by Gasteiger charge is 2.30. The lowest BCUT2D eigenvalue weighted by atomic mass is 9.82. The summed E-state index contributed by atoms with van der Waals surface area (Å²) in [6.07, 6.45) is 8.03. The van der Waals surface area contributed by atoms with Crippen LogP contribution in [-0.4, -0.2) is 12.1 Å². The first-order chi connectivity index (χ1) is 9.17. The Morgan fingerprint density at radius 3 is 2.95 bits per heavy atom. The summed E-state index contributed by atoms with van der Waals surface area (Å²) < 4.78 is 13.6. The van der Waals surface area contributed by atoms with Crippen LogP contribution in [0.3, 0.4) is 0 Å². The molecule has 0 aromatic heterocycles. The van der Waals surface area contributed by atoms with E-state index in [0.717, 1.165) is 37.8 Å². The summed E-state index contributed by atoms with van der Waals surface area (Å²) in [6, 6.07) is 5.14. The minimum Gasteiger partial charge on any atom is -0.311 e. The third-order valence-electron chi connectivity index (χ3n) is 4.12. The Bertz CT molecular complexity index is 411. The molecule has 0 saturated carbocycles. The highest BCUT2D eigenvalue weighted by atomic mass is 35.5. The van der Waals surface area contributed by atoms with Crippen molar-refractivity contribution in [1.29, 1.82) is 0 Å². The molecule has 0 amide bonds. The van der Waals surface area contributed by atoms with Crippen molar-refractivity contribution in [3.8, 4) is 0 Å². The summed E-state index contributed by atoms with van der Waals surface area (Å²) in [4.78, 5) is 0. The summed E-state index contributed by atoms with van der Waals surface area (Å²) in [5.74, 6) is -0.306. The molecule has 0 radical (unpaired) electrons. The fourth-order valence-electron chi connectivity index (χ4n) is 3.19. The van der Waals surface area contributed by atoms with Gasteiger partial charge >= 0.3 is 0 Å². The molecular formula is C16H23ClFN. The highest BCUT2D eigenvalue weighted by molar-refractivity contribution is 6.31. The number of rotatable bonds is 4. The Labute approximate surface area is 120 Å². The third kappa shape index (κ3) is 3.70. The van der Waals surface area contributed by atoms with Gasteiger partial charge in [0.05, 0.1) is 5.02 Å². The summed E-state index contributed by atoms with van der Waals surface area (Å²) >= 11 is 6.11. The van der Waals surface area contributed by atoms with Crippen LogP contribution in [0.15, 0.2) is 18.2 Å². The summed E-state index contributed by atoms with van der Waals surface area (Å²) in [6.45, 7) is 3.27. The van der Waals surface area contributed by atoms with Crippen molar-refractivity contribution in [1.82, 2.24) is 5.32 Å². The second-order valence-electron chi connectivity index (χ2n) is 5.66. The molecule has 1 aromatic carbocycles. The molecule has 19 heavy (non-hydrogen) atoms. The van der Waals surface area contributed by atoms with Gasteiger partial charge in [0, 0.05) is 5.54 Å². The van der Waals surface area contributed by atoms with Crippen LogP contribution in [0, 0.1) is 5.82 Å². The van der Waals surface area contributed by atoms with Crippen LogP contribution in [0.25, 0.3) is 0 Å². The van der Waals surface area contributed by atoms with E-state index in [1.807, 2.05) is 6.07 Å². The van der Waals surface area contributed by atoms with Crippen LogP contribution in [-0.2, 0) is 6.42 Å². The largest absolute Gasteiger partial charge is 0.311 e. The average Bonchev–Trinajstić information content (AvgIpc) is 2.62. The van der Waals surface area contributed by atoms with Gasteiger partial charge in [0.25, 0.3) is 0 Å². The van der Waals surface area contributed by atoms with E-state index < -0.39 is 0 Å². The van der Waals surface area contributed by atoms with Gasteiger partial charge in [0.15, 0.2) is 0 Å². The molecule has 1 aliphatic rings. The number of halogens is 2. The quantitative estimate of drug-likeness (QED) is 0.843. The first-order valence-corrected chi connectivity index (χ1v) is 7.72. The van der Waals surface area contributed by atoms with Crippen molar-refractivity contribution in [3.63, 3.8) is 0 Å². The average molecular weight is 284 g/mol. The molecular weight excluding hydrogens is 261 g/mol. The van der Waals surface area contributed by atoms with Crippen LogP contribution < -0.4 is 5.32 Å². The molecule has 1 fully saturated rings. The lowest BCUT2D eigenvalue weighted by Gasteiger charge is -2.34. The smallest absolute Gasteiger partial charge is 0.142 e. The predicted molar refractivity (Wildman–Crippen MR) is 79.2 cm³/mol. The van der Waals surface area contributed by atoms with Crippen molar-refractivity contribution < 1.29 is 4.39 Å². The monoisotopic (exact) mass is 283 g/mol. The SMILES string of the molecule is CCCC1(Cc2cccc(F)c2Cl)CCCCCN1. The molecule has 3 heteroatoms. The molecule has 0 aliphatic carbocycles. The van der Waals surface area contributed by atoms with E-state index in [9.17, 15) is 4.39 Å². The van der Waals surface area contributed by atoms with Gasteiger partial charge in [-0.25, -0.2) is 4.39 Å². The molecule has 106 valence electrons. The van der Waals surface area contributed by atoms with Gasteiger partial charge in [-0.2, -0.15) is 0 Å². The van der Waals surface area contributed by atoms with E-state index in [-0.39, 0.29) is 11.4 Å². The lowest BCUT2D eigenvalue weighted by Crippen LogP contribution is -2.46. The number of benzene rings is 1.